The molecule has 23 heavy (non-hydrogen) atoms. The molecular weight excluding hydrogens is 296 g/mol. The smallest absolute Gasteiger partial charge is 0.292 e. The summed E-state index contributed by atoms with van der Waals surface area (Å²) in [5.41, 5.74) is 0.799. The minimum Gasteiger partial charge on any atom is -0.363 e. The number of piperazine rings is 1. The lowest BCUT2D eigenvalue weighted by atomic mass is 10.2. The van der Waals surface area contributed by atoms with E-state index in [-0.39, 0.29) is 22.6 Å². The van der Waals surface area contributed by atoms with Crippen molar-refractivity contribution < 1.29 is 9.72 Å². The molecule has 0 spiro atoms. The van der Waals surface area contributed by atoms with Crippen molar-refractivity contribution in [3.63, 3.8) is 0 Å². The van der Waals surface area contributed by atoms with E-state index in [1.54, 1.807) is 12.1 Å². The number of anilines is 1. The number of carbonyl (C=O) groups excluding carboxylic acids is 1. The van der Waals surface area contributed by atoms with Gasteiger partial charge in [-0.3, -0.25) is 19.8 Å². The summed E-state index contributed by atoms with van der Waals surface area (Å²) in [4.78, 5) is 27.1. The van der Waals surface area contributed by atoms with E-state index in [4.69, 9.17) is 0 Å². The van der Waals surface area contributed by atoms with E-state index < -0.39 is 0 Å². The normalized spacial score (nSPS) is 20.1. The van der Waals surface area contributed by atoms with E-state index in [1.807, 2.05) is 17.9 Å². The Hall–Kier alpha value is -2.15. The lowest BCUT2D eigenvalue weighted by Crippen LogP contribution is -2.54. The molecule has 0 radical (unpaired) electrons. The quantitative estimate of drug-likeness (QED) is 0.655. The van der Waals surface area contributed by atoms with Crippen LogP contribution in [0.2, 0.25) is 0 Å². The van der Waals surface area contributed by atoms with Crippen LogP contribution in [0.1, 0.15) is 19.8 Å². The van der Waals surface area contributed by atoms with Crippen LogP contribution in [-0.2, 0) is 4.79 Å². The summed E-state index contributed by atoms with van der Waals surface area (Å²) in [6, 6.07) is 7.05. The number of carbonyl (C=O) groups is 1. The first-order chi connectivity index (χ1) is 11.1. The molecule has 7 nitrogen and oxygen atoms in total. The minimum absolute atomic E-state index is 0.0895. The number of para-hydroxylation sites is 2. The zero-order chi connectivity index (χ0) is 16.4. The van der Waals surface area contributed by atoms with Crippen molar-refractivity contribution in [1.29, 1.82) is 0 Å². The van der Waals surface area contributed by atoms with Gasteiger partial charge in [-0.1, -0.05) is 12.1 Å². The standard InChI is InChI=1S/C16H22N4O3/c1-12(16(21)17-13-6-7-13)18-8-10-19(11-9-18)14-4-2-3-5-15(14)20(22)23/h2-5,12-13H,6-11H2,1H3,(H,17,21). The molecule has 1 saturated carbocycles. The Labute approximate surface area is 135 Å². The molecule has 1 saturated heterocycles. The van der Waals surface area contributed by atoms with Crippen LogP contribution in [0.25, 0.3) is 0 Å². The average molecular weight is 318 g/mol. The number of nitrogens with zero attached hydrogens (tertiary/aromatic N) is 3. The van der Waals surface area contributed by atoms with Crippen LogP contribution < -0.4 is 10.2 Å². The van der Waals surface area contributed by atoms with Crippen molar-refractivity contribution in [3.8, 4) is 0 Å². The van der Waals surface area contributed by atoms with E-state index in [9.17, 15) is 14.9 Å². The fourth-order valence-electron chi connectivity index (χ4n) is 2.95. The van der Waals surface area contributed by atoms with Crippen molar-refractivity contribution >= 4 is 17.3 Å². The predicted octanol–water partition coefficient (Wildman–Crippen LogP) is 1.38. The number of benzene rings is 1. The Balaban J connectivity index is 1.60. The van der Waals surface area contributed by atoms with Gasteiger partial charge in [0.15, 0.2) is 0 Å². The van der Waals surface area contributed by atoms with Crippen LogP contribution in [0.15, 0.2) is 24.3 Å². The number of nitro benzene ring substituents is 1. The maximum absolute atomic E-state index is 12.1. The zero-order valence-corrected chi connectivity index (χ0v) is 13.3. The first-order valence-electron chi connectivity index (χ1n) is 8.09. The molecule has 1 atom stereocenters. The van der Waals surface area contributed by atoms with E-state index in [0.29, 0.717) is 24.8 Å². The highest BCUT2D eigenvalue weighted by Crippen LogP contribution is 2.28. The molecule has 1 aromatic carbocycles. The van der Waals surface area contributed by atoms with E-state index in [0.717, 1.165) is 25.9 Å². The van der Waals surface area contributed by atoms with Gasteiger partial charge < -0.3 is 10.2 Å². The Morgan fingerprint density at radius 1 is 1.26 bits per heavy atom. The molecule has 1 aromatic rings. The highest BCUT2D eigenvalue weighted by atomic mass is 16.6. The molecule has 1 unspecified atom stereocenters. The van der Waals surface area contributed by atoms with Gasteiger partial charge in [0.05, 0.1) is 11.0 Å². The first-order valence-corrected chi connectivity index (χ1v) is 8.09. The summed E-state index contributed by atoms with van der Waals surface area (Å²) in [5.74, 6) is 0.0895. The molecule has 2 aliphatic rings. The zero-order valence-electron chi connectivity index (χ0n) is 13.3. The van der Waals surface area contributed by atoms with Crippen molar-refractivity contribution in [2.45, 2.75) is 31.8 Å². The predicted molar refractivity (Wildman–Crippen MR) is 87.5 cm³/mol. The summed E-state index contributed by atoms with van der Waals surface area (Å²) < 4.78 is 0. The largest absolute Gasteiger partial charge is 0.363 e. The molecule has 1 aliphatic carbocycles. The van der Waals surface area contributed by atoms with Crippen molar-refractivity contribution in [3.05, 3.63) is 34.4 Å². The number of hydrogen-bond acceptors (Lipinski definition) is 5. The third-order valence-corrected chi connectivity index (χ3v) is 4.58. The fraction of sp³-hybridized carbons (Fsp3) is 0.562. The highest BCUT2D eigenvalue weighted by Gasteiger charge is 2.31. The average Bonchev–Trinajstić information content (AvgIpc) is 3.38. The second-order valence-corrected chi connectivity index (χ2v) is 6.23. The maximum atomic E-state index is 12.1. The van der Waals surface area contributed by atoms with Gasteiger partial charge in [0.1, 0.15) is 5.69 Å². The van der Waals surface area contributed by atoms with Gasteiger partial charge in [0.25, 0.3) is 5.69 Å². The molecule has 1 heterocycles. The molecular formula is C16H22N4O3. The van der Waals surface area contributed by atoms with Gasteiger partial charge in [-0.15, -0.1) is 0 Å². The Kier molecular flexibility index (Phi) is 4.47. The van der Waals surface area contributed by atoms with E-state index in [1.165, 1.54) is 6.07 Å². The fourth-order valence-corrected chi connectivity index (χ4v) is 2.95. The van der Waals surface area contributed by atoms with Crippen molar-refractivity contribution in [1.82, 2.24) is 10.2 Å². The van der Waals surface area contributed by atoms with Gasteiger partial charge in [-0.25, -0.2) is 0 Å². The second kappa shape index (κ2) is 6.54. The van der Waals surface area contributed by atoms with Gasteiger partial charge in [0, 0.05) is 38.3 Å². The van der Waals surface area contributed by atoms with Crippen LogP contribution in [-0.4, -0.2) is 54.0 Å². The van der Waals surface area contributed by atoms with Crippen LogP contribution >= 0.6 is 0 Å². The van der Waals surface area contributed by atoms with Crippen LogP contribution in [0.5, 0.6) is 0 Å². The Bertz CT molecular complexity index is 595. The van der Waals surface area contributed by atoms with Gasteiger partial charge in [0.2, 0.25) is 5.91 Å². The van der Waals surface area contributed by atoms with Crippen LogP contribution in [0, 0.1) is 10.1 Å². The minimum atomic E-state index is -0.340. The van der Waals surface area contributed by atoms with Crippen LogP contribution in [0.3, 0.4) is 0 Å². The maximum Gasteiger partial charge on any atom is 0.292 e. The second-order valence-electron chi connectivity index (χ2n) is 6.23. The molecule has 2 fully saturated rings. The van der Waals surface area contributed by atoms with Crippen molar-refractivity contribution in [2.24, 2.45) is 0 Å². The van der Waals surface area contributed by atoms with Crippen molar-refractivity contribution in [2.75, 3.05) is 31.1 Å². The third kappa shape index (κ3) is 3.61. The Morgan fingerprint density at radius 2 is 1.91 bits per heavy atom. The molecule has 124 valence electrons. The Morgan fingerprint density at radius 3 is 2.52 bits per heavy atom. The van der Waals surface area contributed by atoms with Crippen LogP contribution in [0.4, 0.5) is 11.4 Å². The molecule has 1 amide bonds. The van der Waals surface area contributed by atoms with E-state index >= 15 is 0 Å². The first kappa shape index (κ1) is 15.7. The molecule has 1 aliphatic heterocycles. The summed E-state index contributed by atoms with van der Waals surface area (Å²) in [5, 5.41) is 14.2. The monoisotopic (exact) mass is 318 g/mol. The SMILES string of the molecule is CC(C(=O)NC1CC1)N1CCN(c2ccccc2[N+](=O)[O-])CC1. The summed E-state index contributed by atoms with van der Waals surface area (Å²) in [7, 11) is 0. The molecule has 0 aromatic heterocycles. The molecule has 3 rings (SSSR count). The van der Waals surface area contributed by atoms with Gasteiger partial charge in [-0.05, 0) is 25.8 Å². The number of nitro groups is 1. The molecule has 1 N–H and O–H groups in total. The molecule has 0 bridgehead atoms. The lowest BCUT2D eigenvalue weighted by molar-refractivity contribution is -0.384. The number of hydrogen-bond donors (Lipinski definition) is 1. The topological polar surface area (TPSA) is 78.7 Å². The highest BCUT2D eigenvalue weighted by molar-refractivity contribution is 5.82. The summed E-state index contributed by atoms with van der Waals surface area (Å²) in [6.45, 7) is 4.76. The number of nitrogens with one attached hydrogen (secondary N) is 1. The van der Waals surface area contributed by atoms with E-state index in [2.05, 4.69) is 10.2 Å². The third-order valence-electron chi connectivity index (χ3n) is 4.58. The summed E-state index contributed by atoms with van der Waals surface area (Å²) >= 11 is 0. The van der Waals surface area contributed by atoms with Gasteiger partial charge in [-0.2, -0.15) is 0 Å². The van der Waals surface area contributed by atoms with Gasteiger partial charge >= 0.3 is 0 Å². The number of rotatable bonds is 5. The lowest BCUT2D eigenvalue weighted by Gasteiger charge is -2.38. The number of amides is 1. The molecule has 7 heteroatoms. The summed E-state index contributed by atoms with van der Waals surface area (Å²) in [6.07, 6.45) is 2.17.